The van der Waals surface area contributed by atoms with Crippen molar-refractivity contribution in [2.75, 3.05) is 13.4 Å². The molecule has 0 atom stereocenters. The molecule has 4 heteroatoms. The predicted molar refractivity (Wildman–Crippen MR) is 47.4 cm³/mol. The van der Waals surface area contributed by atoms with Crippen LogP contribution in [0.4, 0.5) is 0 Å². The number of hydrogen-bond donors (Lipinski definition) is 0. The number of rotatable bonds is 2. The Bertz CT molecular complexity index is 255. The van der Waals surface area contributed by atoms with Crippen molar-refractivity contribution in [2.45, 2.75) is 4.21 Å². The first-order valence-electron chi connectivity index (χ1n) is 3.00. The Labute approximate surface area is 73.6 Å². The normalized spacial score (nSPS) is 9.64. The second-order valence-electron chi connectivity index (χ2n) is 1.81. The molecule has 0 aromatic carbocycles. The number of thioether (sulfide) groups is 1. The molecule has 2 nitrogen and oxygen atoms in total. The van der Waals surface area contributed by atoms with E-state index >= 15 is 0 Å². The van der Waals surface area contributed by atoms with Crippen LogP contribution < -0.4 is 0 Å². The zero-order valence-electron chi connectivity index (χ0n) is 6.29. The highest BCUT2D eigenvalue weighted by atomic mass is 32.2. The Kier molecular flexibility index (Phi) is 2.96. The fraction of sp³-hybridized carbons (Fsp3) is 0.286. The molecule has 0 bridgehead atoms. The van der Waals surface area contributed by atoms with Gasteiger partial charge in [0.05, 0.1) is 11.3 Å². The van der Waals surface area contributed by atoms with Crippen LogP contribution in [0.15, 0.2) is 16.3 Å². The standard InChI is InChI=1S/C7H8O2S2/c1-9-7(8)5-3-4-6(10-2)11-5/h3-4H,1-2H3. The van der Waals surface area contributed by atoms with Gasteiger partial charge in [0.2, 0.25) is 0 Å². The first-order chi connectivity index (χ1) is 5.27. The molecule has 0 unspecified atom stereocenters. The van der Waals surface area contributed by atoms with Gasteiger partial charge in [-0.05, 0) is 18.4 Å². The summed E-state index contributed by atoms with van der Waals surface area (Å²) >= 11 is 3.08. The minimum atomic E-state index is -0.254. The van der Waals surface area contributed by atoms with E-state index in [1.165, 1.54) is 18.4 Å². The van der Waals surface area contributed by atoms with Crippen LogP contribution in [0.25, 0.3) is 0 Å². The zero-order chi connectivity index (χ0) is 8.27. The molecule has 0 saturated heterocycles. The predicted octanol–water partition coefficient (Wildman–Crippen LogP) is 2.26. The number of methoxy groups -OCH3 is 1. The van der Waals surface area contributed by atoms with Gasteiger partial charge in [-0.2, -0.15) is 0 Å². The number of hydrogen-bond acceptors (Lipinski definition) is 4. The van der Waals surface area contributed by atoms with Gasteiger partial charge in [0.25, 0.3) is 0 Å². The fourth-order valence-electron chi connectivity index (χ4n) is 0.640. The average Bonchev–Trinajstić information content (AvgIpc) is 2.50. The number of esters is 1. The summed E-state index contributed by atoms with van der Waals surface area (Å²) < 4.78 is 5.69. The number of ether oxygens (including phenoxy) is 1. The maximum atomic E-state index is 10.9. The van der Waals surface area contributed by atoms with E-state index in [0.29, 0.717) is 4.88 Å². The summed E-state index contributed by atoms with van der Waals surface area (Å²) in [6.45, 7) is 0. The highest BCUT2D eigenvalue weighted by Crippen LogP contribution is 2.25. The van der Waals surface area contributed by atoms with Crippen LogP contribution in [0.1, 0.15) is 9.67 Å². The molecule has 0 aliphatic carbocycles. The van der Waals surface area contributed by atoms with Crippen molar-refractivity contribution in [1.29, 1.82) is 0 Å². The van der Waals surface area contributed by atoms with Crippen molar-refractivity contribution in [2.24, 2.45) is 0 Å². The van der Waals surface area contributed by atoms with Gasteiger partial charge in [-0.3, -0.25) is 0 Å². The molecule has 0 aliphatic rings. The summed E-state index contributed by atoms with van der Waals surface area (Å²) in [4.78, 5) is 11.6. The lowest BCUT2D eigenvalue weighted by atomic mass is 10.5. The topological polar surface area (TPSA) is 26.3 Å². The monoisotopic (exact) mass is 188 g/mol. The smallest absolute Gasteiger partial charge is 0.348 e. The Balaban J connectivity index is 2.80. The summed E-state index contributed by atoms with van der Waals surface area (Å²) in [7, 11) is 1.39. The van der Waals surface area contributed by atoms with Gasteiger partial charge in [-0.15, -0.1) is 23.1 Å². The lowest BCUT2D eigenvalue weighted by molar-refractivity contribution is 0.0606. The van der Waals surface area contributed by atoms with Crippen molar-refractivity contribution in [3.05, 3.63) is 17.0 Å². The van der Waals surface area contributed by atoms with Gasteiger partial charge in [0.1, 0.15) is 4.88 Å². The second-order valence-corrected chi connectivity index (χ2v) is 4.00. The van der Waals surface area contributed by atoms with E-state index in [0.717, 1.165) is 4.21 Å². The number of carbonyl (C=O) groups is 1. The van der Waals surface area contributed by atoms with Gasteiger partial charge in [-0.1, -0.05) is 0 Å². The van der Waals surface area contributed by atoms with E-state index in [-0.39, 0.29) is 5.97 Å². The van der Waals surface area contributed by atoms with E-state index in [1.807, 2.05) is 12.3 Å². The molecular weight excluding hydrogens is 180 g/mol. The lowest BCUT2D eigenvalue weighted by Crippen LogP contribution is -1.96. The van der Waals surface area contributed by atoms with Crippen molar-refractivity contribution in [1.82, 2.24) is 0 Å². The Morgan fingerprint density at radius 3 is 2.82 bits per heavy atom. The fourth-order valence-corrected chi connectivity index (χ4v) is 2.10. The van der Waals surface area contributed by atoms with Crippen molar-refractivity contribution in [3.63, 3.8) is 0 Å². The Hall–Kier alpha value is -0.480. The SMILES string of the molecule is COC(=O)c1ccc(SC)s1. The first kappa shape index (κ1) is 8.62. The Morgan fingerprint density at radius 2 is 2.36 bits per heavy atom. The lowest BCUT2D eigenvalue weighted by Gasteiger charge is -1.91. The van der Waals surface area contributed by atoms with Crippen molar-refractivity contribution >= 4 is 29.1 Å². The maximum Gasteiger partial charge on any atom is 0.348 e. The maximum absolute atomic E-state index is 10.9. The van der Waals surface area contributed by atoms with Crippen LogP contribution in [0.5, 0.6) is 0 Å². The molecule has 1 heterocycles. The molecule has 0 radical (unpaired) electrons. The highest BCUT2D eigenvalue weighted by Gasteiger charge is 2.07. The summed E-state index contributed by atoms with van der Waals surface area (Å²) in [5, 5.41) is 0. The number of thiophene rings is 1. The third-order valence-electron chi connectivity index (χ3n) is 1.17. The molecular formula is C7H8O2S2. The van der Waals surface area contributed by atoms with E-state index in [4.69, 9.17) is 0 Å². The van der Waals surface area contributed by atoms with Crippen LogP contribution in [-0.2, 0) is 4.74 Å². The van der Waals surface area contributed by atoms with Gasteiger partial charge in [0.15, 0.2) is 0 Å². The molecule has 60 valence electrons. The molecule has 0 aliphatic heterocycles. The molecule has 0 amide bonds. The second kappa shape index (κ2) is 3.78. The molecule has 1 aromatic heterocycles. The third-order valence-corrected chi connectivity index (χ3v) is 3.32. The van der Waals surface area contributed by atoms with Crippen LogP contribution in [-0.4, -0.2) is 19.3 Å². The van der Waals surface area contributed by atoms with E-state index < -0.39 is 0 Å². The van der Waals surface area contributed by atoms with Crippen molar-refractivity contribution in [3.8, 4) is 0 Å². The van der Waals surface area contributed by atoms with Crippen LogP contribution in [0.3, 0.4) is 0 Å². The number of carbonyl (C=O) groups excluding carboxylic acids is 1. The summed E-state index contributed by atoms with van der Waals surface area (Å²) in [6, 6.07) is 3.70. The van der Waals surface area contributed by atoms with Gasteiger partial charge in [0, 0.05) is 0 Å². The molecule has 0 saturated carbocycles. The van der Waals surface area contributed by atoms with Gasteiger partial charge < -0.3 is 4.74 Å². The minimum Gasteiger partial charge on any atom is -0.465 e. The van der Waals surface area contributed by atoms with E-state index in [1.54, 1.807) is 17.8 Å². The molecule has 11 heavy (non-hydrogen) atoms. The average molecular weight is 188 g/mol. The van der Waals surface area contributed by atoms with E-state index in [9.17, 15) is 4.79 Å². The molecule has 0 spiro atoms. The quantitative estimate of drug-likeness (QED) is 0.526. The van der Waals surface area contributed by atoms with Gasteiger partial charge in [-0.25, -0.2) is 4.79 Å². The molecule has 0 N–H and O–H groups in total. The molecule has 0 fully saturated rings. The Morgan fingerprint density at radius 1 is 1.64 bits per heavy atom. The van der Waals surface area contributed by atoms with Gasteiger partial charge >= 0.3 is 5.97 Å². The molecule has 1 rings (SSSR count). The molecule has 1 aromatic rings. The zero-order valence-corrected chi connectivity index (χ0v) is 7.92. The largest absolute Gasteiger partial charge is 0.465 e. The van der Waals surface area contributed by atoms with Crippen molar-refractivity contribution < 1.29 is 9.53 Å². The van der Waals surface area contributed by atoms with E-state index in [2.05, 4.69) is 4.74 Å². The summed E-state index contributed by atoms with van der Waals surface area (Å²) in [5.74, 6) is -0.254. The van der Waals surface area contributed by atoms with Crippen LogP contribution in [0, 0.1) is 0 Å². The third kappa shape index (κ3) is 1.97. The minimum absolute atomic E-state index is 0.254. The summed E-state index contributed by atoms with van der Waals surface area (Å²) in [6.07, 6.45) is 1.98. The first-order valence-corrected chi connectivity index (χ1v) is 5.04. The van der Waals surface area contributed by atoms with Crippen LogP contribution >= 0.6 is 23.1 Å². The highest BCUT2D eigenvalue weighted by molar-refractivity contribution is 8.00. The summed E-state index contributed by atoms with van der Waals surface area (Å²) in [5.41, 5.74) is 0. The van der Waals surface area contributed by atoms with Crippen LogP contribution in [0.2, 0.25) is 0 Å².